The SMILES string of the molecule is CC(=O)O[C@@]12CO[C@@H]1C[C@H](O)[C@@]1(C)[C@@H]3O[C@H](CN(C)C)O[C@@H]3C3=C(C)[C@@H](OC(=O)[C@H](O)[C@@H](NC(=O)OC(C)(C)C)c4ncccc4F)C[C@@](O)([C@@H](OC(=O)c4ccccc4)[C@H]21)C3(C)C. The Morgan fingerprint density at radius 3 is 2.33 bits per heavy atom. The molecule has 7 rings (SSSR count). The molecule has 2 saturated heterocycles. The molecule has 0 radical (unpaired) electrons. The third-order valence-electron chi connectivity index (χ3n) is 13.8. The number of halogens is 1. The monoisotopic (exact) mass is 897 g/mol. The van der Waals surface area contributed by atoms with Crippen molar-refractivity contribution < 1.29 is 72.0 Å². The second-order valence-electron chi connectivity index (χ2n) is 19.7. The maximum Gasteiger partial charge on any atom is 0.408 e. The van der Waals surface area contributed by atoms with Crippen molar-refractivity contribution in [2.24, 2.45) is 16.7 Å². The number of aliphatic hydroxyl groups is 3. The molecule has 1 amide bonds. The van der Waals surface area contributed by atoms with Gasteiger partial charge in [0, 0.05) is 43.3 Å². The summed E-state index contributed by atoms with van der Waals surface area (Å²) >= 11 is 0. The third-order valence-corrected chi connectivity index (χ3v) is 13.8. The average Bonchev–Trinajstić information content (AvgIpc) is 3.60. The minimum atomic E-state index is -2.28. The molecule has 2 saturated carbocycles. The van der Waals surface area contributed by atoms with E-state index in [9.17, 15) is 34.5 Å². The highest BCUT2D eigenvalue weighted by Gasteiger charge is 2.79. The Balaban J connectivity index is 1.40. The zero-order valence-corrected chi connectivity index (χ0v) is 37.8. The molecule has 4 fully saturated rings. The summed E-state index contributed by atoms with van der Waals surface area (Å²) in [4.78, 5) is 60.9. The molecule has 2 bridgehead atoms. The first kappa shape index (κ1) is 47.4. The lowest BCUT2D eigenvalue weighted by Gasteiger charge is -2.68. The second-order valence-corrected chi connectivity index (χ2v) is 19.7. The van der Waals surface area contributed by atoms with E-state index in [-0.39, 0.29) is 25.1 Å². The largest absolute Gasteiger partial charge is 0.456 e. The van der Waals surface area contributed by atoms with Crippen LogP contribution in [0, 0.1) is 22.6 Å². The fourth-order valence-corrected chi connectivity index (χ4v) is 10.7. The van der Waals surface area contributed by atoms with Crippen LogP contribution in [0.1, 0.15) is 90.3 Å². The fourth-order valence-electron chi connectivity index (χ4n) is 10.7. The van der Waals surface area contributed by atoms with Crippen molar-refractivity contribution in [2.75, 3.05) is 27.2 Å². The molecular formula is C46H60FN3O14. The molecule has 2 aliphatic heterocycles. The van der Waals surface area contributed by atoms with Crippen LogP contribution in [0.4, 0.5) is 9.18 Å². The number of esters is 3. The molecule has 18 heteroatoms. The number of fused-ring (bicyclic) bond motifs is 8. The van der Waals surface area contributed by atoms with Crippen LogP contribution in [0.2, 0.25) is 0 Å². The number of amides is 1. The third kappa shape index (κ3) is 8.08. The molecule has 1 aromatic heterocycles. The number of alkyl carbamates (subject to hydrolysis) is 1. The van der Waals surface area contributed by atoms with Crippen molar-refractivity contribution >= 4 is 24.0 Å². The van der Waals surface area contributed by atoms with Crippen molar-refractivity contribution in [2.45, 2.75) is 140 Å². The van der Waals surface area contributed by atoms with Crippen LogP contribution >= 0.6 is 0 Å². The summed E-state index contributed by atoms with van der Waals surface area (Å²) in [5.41, 5.74) is -7.33. The zero-order chi connectivity index (χ0) is 46.9. The smallest absolute Gasteiger partial charge is 0.408 e. The van der Waals surface area contributed by atoms with Crippen molar-refractivity contribution in [3.05, 3.63) is 76.9 Å². The summed E-state index contributed by atoms with van der Waals surface area (Å²) in [6.07, 6.45) is -10.9. The summed E-state index contributed by atoms with van der Waals surface area (Å²) < 4.78 is 59.3. The Kier molecular flexibility index (Phi) is 12.6. The summed E-state index contributed by atoms with van der Waals surface area (Å²) in [6, 6.07) is 8.61. The highest BCUT2D eigenvalue weighted by atomic mass is 19.1. The zero-order valence-electron chi connectivity index (χ0n) is 37.8. The van der Waals surface area contributed by atoms with E-state index in [2.05, 4.69) is 10.3 Å². The minimum Gasteiger partial charge on any atom is -0.456 e. The quantitative estimate of drug-likeness (QED) is 0.152. The highest BCUT2D eigenvalue weighted by Crippen LogP contribution is 2.66. The van der Waals surface area contributed by atoms with Gasteiger partial charge in [0.05, 0.1) is 30.3 Å². The molecule has 13 atom stereocenters. The Labute approximate surface area is 371 Å². The number of ether oxygens (including phenoxy) is 7. The summed E-state index contributed by atoms with van der Waals surface area (Å²) in [6.45, 7) is 13.0. The molecular weight excluding hydrogens is 838 g/mol. The van der Waals surface area contributed by atoms with E-state index in [1.54, 1.807) is 66.7 Å². The Morgan fingerprint density at radius 1 is 1.05 bits per heavy atom. The number of likely N-dealkylation sites (N-methyl/N-ethyl adjacent to an activating group) is 1. The predicted molar refractivity (Wildman–Crippen MR) is 222 cm³/mol. The molecule has 64 heavy (non-hydrogen) atoms. The van der Waals surface area contributed by atoms with Crippen LogP contribution in [-0.2, 0) is 42.7 Å². The highest BCUT2D eigenvalue weighted by molar-refractivity contribution is 5.89. The lowest BCUT2D eigenvalue weighted by atomic mass is 9.44. The van der Waals surface area contributed by atoms with Gasteiger partial charge in [0.25, 0.3) is 0 Å². The maximum atomic E-state index is 15.3. The number of carbonyl (C=O) groups is 4. The molecule has 17 nitrogen and oxygen atoms in total. The van der Waals surface area contributed by atoms with Gasteiger partial charge in [-0.1, -0.05) is 39.0 Å². The lowest BCUT2D eigenvalue weighted by molar-refractivity contribution is -0.362. The van der Waals surface area contributed by atoms with Gasteiger partial charge in [-0.25, -0.2) is 18.8 Å². The first-order chi connectivity index (χ1) is 29.9. The van der Waals surface area contributed by atoms with Gasteiger partial charge in [0.15, 0.2) is 18.0 Å². The first-order valence-electron chi connectivity index (χ1n) is 21.5. The lowest BCUT2D eigenvalue weighted by Crippen LogP contribution is -2.82. The second kappa shape index (κ2) is 17.0. The Bertz CT molecular complexity index is 2160. The average molecular weight is 898 g/mol. The molecule has 0 unspecified atom stereocenters. The number of aromatic nitrogens is 1. The topological polar surface area (TPSA) is 222 Å². The van der Waals surface area contributed by atoms with Gasteiger partial charge in [0.2, 0.25) is 0 Å². The normalized spacial score (nSPS) is 34.9. The standard InChI is InChI=1S/C46H60FN3O14/c1-23-27(59-40(55)34(53)33(32-26(47)17-14-18-48-32)49-41(56)64-42(3,4)5)20-46(57)38(62-39(54)25-15-12-11-13-16-25)36-44(8,28(52)19-29-45(36,22-58-29)63-24(2)51)37-35(31(23)43(46,6)7)60-30(61-37)21-50(9)10/h11-18,27-30,33-38,52-53,57H,19-22H2,1-10H3,(H,49,56)/t27-,28-,29+,30+,33-,34+,35+,36-,37+,38-,44+,45-,46+/m0/s1. The predicted octanol–water partition coefficient (Wildman–Crippen LogP) is 3.54. The van der Waals surface area contributed by atoms with Crippen LogP contribution in [0.25, 0.3) is 0 Å². The molecule has 3 aliphatic carbocycles. The molecule has 0 spiro atoms. The molecule has 1 aromatic carbocycles. The van der Waals surface area contributed by atoms with Gasteiger partial charge in [0.1, 0.15) is 53.2 Å². The number of pyridine rings is 1. The number of nitrogens with one attached hydrogen (secondary N) is 1. The number of hydrogen-bond acceptors (Lipinski definition) is 16. The van der Waals surface area contributed by atoms with E-state index in [1.165, 1.54) is 31.3 Å². The van der Waals surface area contributed by atoms with E-state index < -0.39 is 131 Å². The van der Waals surface area contributed by atoms with Crippen LogP contribution in [0.3, 0.4) is 0 Å². The Hall–Kier alpha value is -4.56. The van der Waals surface area contributed by atoms with Crippen molar-refractivity contribution in [3.8, 4) is 0 Å². The minimum absolute atomic E-state index is 0.00208. The van der Waals surface area contributed by atoms with E-state index in [0.717, 1.165) is 6.07 Å². The van der Waals surface area contributed by atoms with Gasteiger partial charge in [-0.2, -0.15) is 0 Å². The summed E-state index contributed by atoms with van der Waals surface area (Å²) in [5.74, 6) is -5.06. The van der Waals surface area contributed by atoms with E-state index in [1.807, 2.05) is 19.0 Å². The van der Waals surface area contributed by atoms with Crippen LogP contribution in [0.5, 0.6) is 0 Å². The van der Waals surface area contributed by atoms with E-state index >= 15 is 4.39 Å². The van der Waals surface area contributed by atoms with E-state index in [0.29, 0.717) is 11.1 Å². The number of nitrogens with zero attached hydrogens (tertiary/aromatic N) is 2. The van der Waals surface area contributed by atoms with Crippen LogP contribution in [-0.4, -0.2) is 142 Å². The molecule has 3 heterocycles. The number of hydrogen-bond donors (Lipinski definition) is 4. The van der Waals surface area contributed by atoms with Crippen LogP contribution in [0.15, 0.2) is 59.8 Å². The summed E-state index contributed by atoms with van der Waals surface area (Å²) in [5, 5.41) is 40.4. The summed E-state index contributed by atoms with van der Waals surface area (Å²) in [7, 11) is 3.66. The van der Waals surface area contributed by atoms with Gasteiger partial charge in [-0.15, -0.1) is 0 Å². The number of aliphatic hydroxyl groups excluding tert-OH is 2. The molecule has 5 aliphatic rings. The van der Waals surface area contributed by atoms with Gasteiger partial charge in [-0.3, -0.25) is 9.78 Å². The van der Waals surface area contributed by atoms with Crippen LogP contribution < -0.4 is 5.32 Å². The van der Waals surface area contributed by atoms with Gasteiger partial charge < -0.3 is 58.7 Å². The number of rotatable bonds is 10. The van der Waals surface area contributed by atoms with Crippen molar-refractivity contribution in [1.29, 1.82) is 0 Å². The van der Waals surface area contributed by atoms with Gasteiger partial charge >= 0.3 is 24.0 Å². The first-order valence-corrected chi connectivity index (χ1v) is 21.5. The fraction of sp³-hybridized carbons (Fsp3) is 0.630. The van der Waals surface area contributed by atoms with Crippen molar-refractivity contribution in [3.63, 3.8) is 0 Å². The molecule has 2 aromatic rings. The number of carbonyl (C=O) groups excluding carboxylic acids is 4. The molecule has 4 N–H and O–H groups in total. The Morgan fingerprint density at radius 2 is 1.73 bits per heavy atom. The van der Waals surface area contributed by atoms with Crippen molar-refractivity contribution in [1.82, 2.24) is 15.2 Å². The van der Waals surface area contributed by atoms with Gasteiger partial charge in [-0.05, 0) is 77.2 Å². The maximum absolute atomic E-state index is 15.3. The number of benzene rings is 1. The molecule has 350 valence electrons. The van der Waals surface area contributed by atoms with E-state index in [4.69, 9.17) is 33.2 Å².